The Morgan fingerprint density at radius 2 is 1.73 bits per heavy atom. The van der Waals surface area contributed by atoms with Gasteiger partial charge in [0, 0.05) is 66.5 Å². The van der Waals surface area contributed by atoms with E-state index in [9.17, 15) is 29.5 Å². The first-order valence-corrected chi connectivity index (χ1v) is 21.7. The van der Waals surface area contributed by atoms with Crippen LogP contribution in [0.3, 0.4) is 0 Å². The minimum Gasteiger partial charge on any atom is -0.489 e. The highest BCUT2D eigenvalue weighted by Gasteiger charge is 2.64. The second kappa shape index (κ2) is 20.3. The number of aliphatic hydroxyl groups is 1. The largest absolute Gasteiger partial charge is 0.489 e. The van der Waals surface area contributed by atoms with Crippen LogP contribution in [0.1, 0.15) is 101 Å². The molecule has 1 aliphatic carbocycles. The van der Waals surface area contributed by atoms with Gasteiger partial charge in [0.1, 0.15) is 36.6 Å². The molecule has 1 aliphatic heterocycles. The lowest BCUT2D eigenvalue weighted by molar-refractivity contribution is -0.164. The molecule has 2 heterocycles. The van der Waals surface area contributed by atoms with Crippen LogP contribution in [0.2, 0.25) is 5.02 Å². The van der Waals surface area contributed by atoms with Crippen molar-refractivity contribution in [3.05, 3.63) is 88.2 Å². The molecule has 2 aliphatic rings. The number of benzene rings is 2. The number of amides is 4. The van der Waals surface area contributed by atoms with Gasteiger partial charge in [-0.3, -0.25) is 24.2 Å². The third-order valence-corrected chi connectivity index (χ3v) is 12.1. The van der Waals surface area contributed by atoms with Crippen LogP contribution in [-0.4, -0.2) is 95.3 Å². The fourth-order valence-corrected chi connectivity index (χ4v) is 8.89. The van der Waals surface area contributed by atoms with Crippen LogP contribution in [0.15, 0.2) is 60.8 Å². The number of ether oxygens (including phenoxy) is 2. The number of pyridine rings is 1. The van der Waals surface area contributed by atoms with Gasteiger partial charge in [-0.15, -0.1) is 0 Å². The van der Waals surface area contributed by atoms with E-state index in [2.05, 4.69) is 60.0 Å². The van der Waals surface area contributed by atoms with E-state index in [1.807, 2.05) is 52.0 Å². The Balaban J connectivity index is 0.989. The molecule has 14 nitrogen and oxygen atoms in total. The average molecular weight is 873 g/mol. The van der Waals surface area contributed by atoms with Crippen molar-refractivity contribution < 1.29 is 33.8 Å². The average Bonchev–Trinajstić information content (AvgIpc) is 3.62. The van der Waals surface area contributed by atoms with Gasteiger partial charge in [-0.1, -0.05) is 66.1 Å². The van der Waals surface area contributed by atoms with Gasteiger partial charge in [0.2, 0.25) is 17.7 Å². The molecule has 1 aromatic heterocycles. The number of carbonyl (C=O) groups excluding carboxylic acids is 4. The normalized spacial score (nSPS) is 20.6. The fraction of sp³-hybridized carbons (Fsp3) is 0.532. The van der Waals surface area contributed by atoms with Crippen molar-refractivity contribution >= 4 is 40.9 Å². The van der Waals surface area contributed by atoms with E-state index < -0.39 is 35.4 Å². The number of aliphatic hydroxyl groups excluding tert-OH is 1. The van der Waals surface area contributed by atoms with Gasteiger partial charge in [-0.25, -0.2) is 0 Å². The van der Waals surface area contributed by atoms with Crippen LogP contribution in [-0.2, 0) is 25.7 Å². The van der Waals surface area contributed by atoms with Crippen LogP contribution in [0.4, 0.5) is 5.69 Å². The van der Waals surface area contributed by atoms with Gasteiger partial charge in [0.25, 0.3) is 5.91 Å². The van der Waals surface area contributed by atoms with E-state index >= 15 is 0 Å². The number of nitrogens with one attached hydrogen (secondary N) is 4. The molecule has 0 radical (unpaired) electrons. The highest BCUT2D eigenvalue weighted by atomic mass is 35.5. The highest BCUT2D eigenvalue weighted by Crippen LogP contribution is 2.55. The van der Waals surface area contributed by atoms with Gasteiger partial charge in [-0.05, 0) is 79.6 Å². The molecule has 1 saturated heterocycles. The van der Waals surface area contributed by atoms with Crippen molar-refractivity contribution in [2.45, 2.75) is 118 Å². The number of halogens is 1. The SMILES string of the molecule is Cc1ccc(CNC(=O)[C@@H]2C[C@@H](O)CN2C(=O)[C@@H](NC(=O)COCCCCCNc2ccc(C(=O)NC3C(C)(C)C(Oc4ccc(C#N)c(Cl)c4)C3(C)C)cc2)C(C)(C)C)nc1. The number of nitriles is 1. The Hall–Kier alpha value is -5.23. The van der Waals surface area contributed by atoms with Crippen molar-refractivity contribution in [3.63, 3.8) is 0 Å². The molecule has 5 N–H and O–H groups in total. The zero-order valence-electron chi connectivity index (χ0n) is 37.1. The molecule has 62 heavy (non-hydrogen) atoms. The quantitative estimate of drug-likeness (QED) is 0.0956. The van der Waals surface area contributed by atoms with Crippen molar-refractivity contribution in [1.29, 1.82) is 5.26 Å². The Kier molecular flexibility index (Phi) is 15.7. The third-order valence-electron chi connectivity index (χ3n) is 11.8. The number of aryl methyl sites for hydroxylation is 1. The van der Waals surface area contributed by atoms with Crippen molar-refractivity contribution in [2.24, 2.45) is 16.2 Å². The Bertz CT molecular complexity index is 2080. The standard InChI is InChI=1S/C47H62ClN7O7/c1-29-12-16-33(51-25-29)26-52-41(59)37-22-34(56)27-55(37)42(60)39(45(2,3)4)53-38(57)28-61-21-11-9-10-20-50-32-17-13-30(14-18-32)40(58)54-43-46(5,6)44(47(43,7)8)62-35-19-15-31(24-49)36(48)23-35/h12-19,23,25,34,37,39,43-44,50,56H,9-11,20-22,26-28H2,1-8H3,(H,52,59)(H,53,57)(H,54,58)/t34-,37+,39-,43?,44?/m1/s1. The molecule has 15 heteroatoms. The van der Waals surface area contributed by atoms with Crippen LogP contribution in [0, 0.1) is 34.5 Å². The maximum Gasteiger partial charge on any atom is 0.251 e. The van der Waals surface area contributed by atoms with Gasteiger partial charge < -0.3 is 40.7 Å². The summed E-state index contributed by atoms with van der Waals surface area (Å²) in [6.07, 6.45) is 3.20. The first kappa shape index (κ1) is 47.8. The van der Waals surface area contributed by atoms with E-state index in [-0.39, 0.29) is 60.9 Å². The number of aromatic nitrogens is 1. The van der Waals surface area contributed by atoms with Gasteiger partial charge in [0.05, 0.1) is 28.9 Å². The molecule has 2 aromatic carbocycles. The lowest BCUT2D eigenvalue weighted by atomic mass is 9.49. The smallest absolute Gasteiger partial charge is 0.251 e. The topological polar surface area (TPSA) is 195 Å². The highest BCUT2D eigenvalue weighted by molar-refractivity contribution is 6.31. The number of rotatable bonds is 18. The lowest BCUT2D eigenvalue weighted by Crippen LogP contribution is -2.74. The summed E-state index contributed by atoms with van der Waals surface area (Å²) in [4.78, 5) is 59.0. The number of hydrogen-bond donors (Lipinski definition) is 5. The number of anilines is 1. The molecular formula is C47H62ClN7O7. The van der Waals surface area contributed by atoms with E-state index in [1.165, 1.54) is 4.90 Å². The van der Waals surface area contributed by atoms with Crippen LogP contribution >= 0.6 is 11.6 Å². The minimum atomic E-state index is -0.940. The zero-order valence-corrected chi connectivity index (χ0v) is 37.9. The summed E-state index contributed by atoms with van der Waals surface area (Å²) in [6, 6.07) is 16.2. The Labute approximate surface area is 370 Å². The molecule has 3 aromatic rings. The molecular weight excluding hydrogens is 810 g/mol. The summed E-state index contributed by atoms with van der Waals surface area (Å²) in [6.45, 7) is 16.7. The Morgan fingerprint density at radius 1 is 1.02 bits per heavy atom. The summed E-state index contributed by atoms with van der Waals surface area (Å²) < 4.78 is 12.0. The molecule has 5 rings (SSSR count). The lowest BCUT2D eigenvalue weighted by Gasteiger charge is -2.63. The summed E-state index contributed by atoms with van der Waals surface area (Å²) in [5.41, 5.74) is 2.09. The predicted molar refractivity (Wildman–Crippen MR) is 237 cm³/mol. The first-order valence-electron chi connectivity index (χ1n) is 21.3. The van der Waals surface area contributed by atoms with E-state index in [0.717, 1.165) is 30.5 Å². The molecule has 0 unspecified atom stereocenters. The molecule has 3 atom stereocenters. The number of unbranched alkanes of at least 4 members (excludes halogenated alkanes) is 2. The first-order chi connectivity index (χ1) is 29.2. The number of β-amino-alcohol motifs (C(OH)–C–C–N with tert-alkyl or cyclic N) is 1. The van der Waals surface area contributed by atoms with Crippen LogP contribution in [0.5, 0.6) is 5.75 Å². The van der Waals surface area contributed by atoms with E-state index in [4.69, 9.17) is 21.1 Å². The summed E-state index contributed by atoms with van der Waals surface area (Å²) in [7, 11) is 0. The Morgan fingerprint density at radius 3 is 2.35 bits per heavy atom. The molecule has 0 spiro atoms. The number of likely N-dealkylation sites (tertiary alicyclic amines) is 1. The van der Waals surface area contributed by atoms with Crippen molar-refractivity contribution in [3.8, 4) is 11.8 Å². The second-order valence-corrected chi connectivity index (χ2v) is 19.1. The van der Waals surface area contributed by atoms with Gasteiger partial charge >= 0.3 is 0 Å². The number of nitrogens with zero attached hydrogens (tertiary/aromatic N) is 3. The van der Waals surface area contributed by atoms with Gasteiger partial charge in [0.15, 0.2) is 0 Å². The molecule has 4 amide bonds. The van der Waals surface area contributed by atoms with Gasteiger partial charge in [-0.2, -0.15) is 5.26 Å². The third kappa shape index (κ3) is 11.8. The molecule has 2 fully saturated rings. The van der Waals surface area contributed by atoms with Crippen molar-refractivity contribution in [1.82, 2.24) is 25.8 Å². The van der Waals surface area contributed by atoms with Crippen LogP contribution < -0.4 is 26.0 Å². The second-order valence-electron chi connectivity index (χ2n) is 18.7. The monoisotopic (exact) mass is 871 g/mol. The van der Waals surface area contributed by atoms with Crippen LogP contribution in [0.25, 0.3) is 0 Å². The number of hydrogen-bond acceptors (Lipinski definition) is 10. The summed E-state index contributed by atoms with van der Waals surface area (Å²) in [5, 5.41) is 32.2. The zero-order chi connectivity index (χ0) is 45.4. The predicted octanol–water partition coefficient (Wildman–Crippen LogP) is 5.94. The summed E-state index contributed by atoms with van der Waals surface area (Å²) in [5.74, 6) is -0.843. The van der Waals surface area contributed by atoms with E-state index in [0.29, 0.717) is 40.7 Å². The fourth-order valence-electron chi connectivity index (χ4n) is 8.67. The van der Waals surface area contributed by atoms with Crippen molar-refractivity contribution in [2.75, 3.05) is 31.6 Å². The molecule has 1 saturated carbocycles. The maximum atomic E-state index is 13.8. The molecule has 334 valence electrons. The van der Waals surface area contributed by atoms with E-state index in [1.54, 1.807) is 36.5 Å². The minimum absolute atomic E-state index is 0.00803. The summed E-state index contributed by atoms with van der Waals surface area (Å²) >= 11 is 6.23. The maximum absolute atomic E-state index is 13.8. The number of carbonyl (C=O) groups is 4. The molecule has 0 bridgehead atoms.